The van der Waals surface area contributed by atoms with E-state index in [0.29, 0.717) is 16.4 Å². The fourth-order valence-corrected chi connectivity index (χ4v) is 1.46. The lowest BCUT2D eigenvalue weighted by Gasteiger charge is -2.07. The molecule has 0 aliphatic heterocycles. The Bertz CT molecular complexity index is 544. The van der Waals surface area contributed by atoms with E-state index in [1.165, 1.54) is 12.5 Å². The van der Waals surface area contributed by atoms with Crippen LogP contribution in [-0.4, -0.2) is 15.9 Å². The molecule has 0 fully saturated rings. The monoisotopic (exact) mass is 248 g/mol. The van der Waals surface area contributed by atoms with Gasteiger partial charge in [0, 0.05) is 6.20 Å². The fraction of sp³-hybridized carbons (Fsp3) is 0. The van der Waals surface area contributed by atoms with Crippen molar-refractivity contribution in [3.05, 3.63) is 47.4 Å². The molecule has 1 amide bonds. The zero-order valence-electron chi connectivity index (χ0n) is 8.72. The van der Waals surface area contributed by atoms with Crippen LogP contribution in [0.25, 0.3) is 0 Å². The molecule has 86 valence electrons. The van der Waals surface area contributed by atoms with Crippen molar-refractivity contribution >= 4 is 29.0 Å². The molecule has 0 bridgehead atoms. The van der Waals surface area contributed by atoms with Crippen molar-refractivity contribution < 1.29 is 4.79 Å². The van der Waals surface area contributed by atoms with Crippen LogP contribution in [0.5, 0.6) is 0 Å². The van der Waals surface area contributed by atoms with Crippen LogP contribution in [0.2, 0.25) is 5.02 Å². The zero-order valence-corrected chi connectivity index (χ0v) is 9.48. The summed E-state index contributed by atoms with van der Waals surface area (Å²) in [5, 5.41) is 2.95. The van der Waals surface area contributed by atoms with Gasteiger partial charge in [-0.3, -0.25) is 4.79 Å². The molecule has 0 saturated carbocycles. The highest BCUT2D eigenvalue weighted by atomic mass is 35.5. The van der Waals surface area contributed by atoms with Gasteiger partial charge in [0.15, 0.2) is 0 Å². The number of nitrogens with one attached hydrogen (secondary N) is 1. The lowest BCUT2D eigenvalue weighted by atomic mass is 10.1. The van der Waals surface area contributed by atoms with Gasteiger partial charge in [-0.25, -0.2) is 9.97 Å². The first-order chi connectivity index (χ1) is 8.18. The zero-order chi connectivity index (χ0) is 12.3. The minimum absolute atomic E-state index is 0.251. The van der Waals surface area contributed by atoms with Crippen molar-refractivity contribution in [3.8, 4) is 0 Å². The van der Waals surface area contributed by atoms with Gasteiger partial charge in [0.25, 0.3) is 5.91 Å². The third-order valence-electron chi connectivity index (χ3n) is 2.12. The van der Waals surface area contributed by atoms with Crippen LogP contribution in [0.15, 0.2) is 36.8 Å². The number of para-hydroxylation sites is 1. The molecular formula is C11H9ClN4O. The van der Waals surface area contributed by atoms with Crippen LogP contribution in [0.1, 0.15) is 10.4 Å². The molecule has 0 spiro atoms. The number of halogens is 1. The van der Waals surface area contributed by atoms with Crippen LogP contribution in [0, 0.1) is 0 Å². The standard InChI is InChI=1S/C11H9ClN4O/c12-8-3-1-2-7(10(8)13)11(17)16-9-4-5-14-6-15-9/h1-6H,13H2,(H,14,15,16,17). The minimum atomic E-state index is -0.358. The Morgan fingerprint density at radius 2 is 2.18 bits per heavy atom. The Kier molecular flexibility index (Phi) is 3.20. The number of rotatable bonds is 2. The van der Waals surface area contributed by atoms with Gasteiger partial charge in [0.05, 0.1) is 16.3 Å². The number of aromatic nitrogens is 2. The summed E-state index contributed by atoms with van der Waals surface area (Å²) in [5.74, 6) is 0.0491. The van der Waals surface area contributed by atoms with Gasteiger partial charge in [-0.15, -0.1) is 0 Å². The number of nitrogen functional groups attached to an aromatic ring is 1. The smallest absolute Gasteiger partial charge is 0.258 e. The number of benzene rings is 1. The largest absolute Gasteiger partial charge is 0.397 e. The van der Waals surface area contributed by atoms with Crippen LogP contribution in [0.3, 0.4) is 0 Å². The first-order valence-corrected chi connectivity index (χ1v) is 5.17. The molecule has 1 heterocycles. The number of amides is 1. The van der Waals surface area contributed by atoms with E-state index < -0.39 is 0 Å². The SMILES string of the molecule is Nc1c(Cl)cccc1C(=O)Nc1ccncn1. The van der Waals surface area contributed by atoms with Gasteiger partial charge in [-0.2, -0.15) is 0 Å². The molecule has 5 nitrogen and oxygen atoms in total. The first-order valence-electron chi connectivity index (χ1n) is 4.80. The van der Waals surface area contributed by atoms with Gasteiger partial charge in [-0.05, 0) is 18.2 Å². The van der Waals surface area contributed by atoms with E-state index in [0.717, 1.165) is 0 Å². The Balaban J connectivity index is 2.24. The van der Waals surface area contributed by atoms with Crippen LogP contribution >= 0.6 is 11.6 Å². The molecule has 3 N–H and O–H groups in total. The molecule has 0 unspecified atom stereocenters. The highest BCUT2D eigenvalue weighted by Gasteiger charge is 2.12. The van der Waals surface area contributed by atoms with E-state index in [4.69, 9.17) is 17.3 Å². The first kappa shape index (κ1) is 11.3. The lowest BCUT2D eigenvalue weighted by Crippen LogP contribution is -2.15. The van der Waals surface area contributed by atoms with Crippen molar-refractivity contribution in [1.29, 1.82) is 0 Å². The number of anilines is 2. The number of nitrogens with zero attached hydrogens (tertiary/aromatic N) is 2. The molecule has 6 heteroatoms. The number of nitrogens with two attached hydrogens (primary N) is 1. The summed E-state index contributed by atoms with van der Waals surface area (Å²) in [6.45, 7) is 0. The Hall–Kier alpha value is -2.14. The van der Waals surface area contributed by atoms with Crippen molar-refractivity contribution in [2.24, 2.45) is 0 Å². The van der Waals surface area contributed by atoms with E-state index in [1.807, 2.05) is 0 Å². The molecular weight excluding hydrogens is 240 g/mol. The fourth-order valence-electron chi connectivity index (χ4n) is 1.28. The maximum atomic E-state index is 11.9. The molecule has 0 aliphatic carbocycles. The molecule has 17 heavy (non-hydrogen) atoms. The van der Waals surface area contributed by atoms with Gasteiger partial charge in [-0.1, -0.05) is 17.7 Å². The second-order valence-electron chi connectivity index (χ2n) is 3.25. The number of hydrogen-bond acceptors (Lipinski definition) is 4. The van der Waals surface area contributed by atoms with Gasteiger partial charge in [0.2, 0.25) is 0 Å². The number of carbonyl (C=O) groups excluding carboxylic acids is 1. The highest BCUT2D eigenvalue weighted by Crippen LogP contribution is 2.22. The van der Waals surface area contributed by atoms with Crippen molar-refractivity contribution in [2.75, 3.05) is 11.1 Å². The third kappa shape index (κ3) is 2.51. The normalized spacial score (nSPS) is 9.94. The summed E-state index contributed by atoms with van der Waals surface area (Å²) >= 11 is 5.83. The summed E-state index contributed by atoms with van der Waals surface area (Å²) in [4.78, 5) is 19.5. The number of carbonyl (C=O) groups is 1. The summed E-state index contributed by atoms with van der Waals surface area (Å²) in [5.41, 5.74) is 6.28. The average Bonchev–Trinajstić information content (AvgIpc) is 2.34. The Morgan fingerprint density at radius 3 is 2.88 bits per heavy atom. The summed E-state index contributed by atoms with van der Waals surface area (Å²) in [7, 11) is 0. The van der Waals surface area contributed by atoms with Crippen LogP contribution in [0.4, 0.5) is 11.5 Å². The molecule has 0 radical (unpaired) electrons. The van der Waals surface area contributed by atoms with E-state index in [9.17, 15) is 4.79 Å². The molecule has 0 aliphatic rings. The molecule has 2 rings (SSSR count). The second kappa shape index (κ2) is 4.80. The molecule has 0 saturated heterocycles. The Morgan fingerprint density at radius 1 is 1.35 bits per heavy atom. The Labute approximate surface area is 103 Å². The van der Waals surface area contributed by atoms with E-state index >= 15 is 0 Å². The quantitative estimate of drug-likeness (QED) is 0.796. The van der Waals surface area contributed by atoms with Gasteiger partial charge < -0.3 is 11.1 Å². The van der Waals surface area contributed by atoms with Crippen molar-refractivity contribution in [2.45, 2.75) is 0 Å². The summed E-state index contributed by atoms with van der Waals surface area (Å²) in [6, 6.07) is 6.46. The van der Waals surface area contributed by atoms with Crippen LogP contribution in [-0.2, 0) is 0 Å². The predicted octanol–water partition coefficient (Wildman–Crippen LogP) is 1.96. The van der Waals surface area contributed by atoms with E-state index in [1.54, 1.807) is 24.3 Å². The van der Waals surface area contributed by atoms with Crippen molar-refractivity contribution in [1.82, 2.24) is 9.97 Å². The highest BCUT2D eigenvalue weighted by molar-refractivity contribution is 6.34. The summed E-state index contributed by atoms with van der Waals surface area (Å²) < 4.78 is 0. The van der Waals surface area contributed by atoms with Gasteiger partial charge in [0.1, 0.15) is 12.1 Å². The van der Waals surface area contributed by atoms with E-state index in [-0.39, 0.29) is 11.6 Å². The topological polar surface area (TPSA) is 80.9 Å². The molecule has 1 aromatic carbocycles. The molecule has 0 atom stereocenters. The second-order valence-corrected chi connectivity index (χ2v) is 3.66. The average molecular weight is 249 g/mol. The predicted molar refractivity (Wildman–Crippen MR) is 65.8 cm³/mol. The van der Waals surface area contributed by atoms with E-state index in [2.05, 4.69) is 15.3 Å². The lowest BCUT2D eigenvalue weighted by molar-refractivity contribution is 0.102. The molecule has 2 aromatic rings. The van der Waals surface area contributed by atoms with Gasteiger partial charge >= 0.3 is 0 Å². The summed E-state index contributed by atoms with van der Waals surface area (Å²) in [6.07, 6.45) is 2.88. The van der Waals surface area contributed by atoms with Crippen LogP contribution < -0.4 is 11.1 Å². The molecule has 1 aromatic heterocycles. The maximum Gasteiger partial charge on any atom is 0.258 e. The third-order valence-corrected chi connectivity index (χ3v) is 2.45. The maximum absolute atomic E-state index is 11.9. The minimum Gasteiger partial charge on any atom is -0.397 e. The number of hydrogen-bond donors (Lipinski definition) is 2. The van der Waals surface area contributed by atoms with Crippen molar-refractivity contribution in [3.63, 3.8) is 0 Å².